The lowest BCUT2D eigenvalue weighted by Crippen LogP contribution is -2.41. The normalized spacial score (nSPS) is 18.3. The predicted molar refractivity (Wildman–Crippen MR) is 60.9 cm³/mol. The van der Waals surface area contributed by atoms with Crippen molar-refractivity contribution in [1.29, 1.82) is 0 Å². The fourth-order valence-electron chi connectivity index (χ4n) is 2.04. The summed E-state index contributed by atoms with van der Waals surface area (Å²) in [6.07, 6.45) is 2.87. The molecule has 1 aliphatic carbocycles. The molecule has 0 saturated heterocycles. The minimum atomic E-state index is -1.08. The van der Waals surface area contributed by atoms with Gasteiger partial charge in [-0.25, -0.2) is 4.79 Å². The van der Waals surface area contributed by atoms with Gasteiger partial charge in [-0.15, -0.1) is 0 Å². The van der Waals surface area contributed by atoms with Crippen LogP contribution in [0, 0.1) is 0 Å². The Bertz CT molecular complexity index is 397. The van der Waals surface area contributed by atoms with Crippen molar-refractivity contribution in [3.05, 3.63) is 29.3 Å². The van der Waals surface area contributed by atoms with Gasteiger partial charge in [0.05, 0.1) is 5.02 Å². The maximum Gasteiger partial charge on any atom is 0.348 e. The molecule has 1 N–H and O–H groups in total. The topological polar surface area (TPSA) is 46.5 Å². The van der Waals surface area contributed by atoms with Gasteiger partial charge in [-0.2, -0.15) is 0 Å². The van der Waals surface area contributed by atoms with E-state index in [0.717, 1.165) is 12.8 Å². The molecule has 1 aromatic rings. The first-order valence-electron chi connectivity index (χ1n) is 5.31. The third kappa shape index (κ3) is 2.00. The van der Waals surface area contributed by atoms with Crippen molar-refractivity contribution in [2.75, 3.05) is 0 Å². The van der Waals surface area contributed by atoms with Crippen LogP contribution in [0.15, 0.2) is 24.3 Å². The molecule has 1 saturated carbocycles. The summed E-state index contributed by atoms with van der Waals surface area (Å²) < 4.78 is 5.62. The minimum absolute atomic E-state index is 0.452. The van der Waals surface area contributed by atoms with Gasteiger partial charge in [-0.1, -0.05) is 23.7 Å². The molecule has 1 aliphatic rings. The van der Waals surface area contributed by atoms with Gasteiger partial charge >= 0.3 is 5.97 Å². The van der Waals surface area contributed by atoms with E-state index < -0.39 is 11.6 Å². The Balaban J connectivity index is 2.25. The average molecular weight is 241 g/mol. The fraction of sp³-hybridized carbons (Fsp3) is 0.417. The van der Waals surface area contributed by atoms with Gasteiger partial charge in [-0.05, 0) is 37.8 Å². The molecule has 86 valence electrons. The van der Waals surface area contributed by atoms with E-state index in [4.69, 9.17) is 16.3 Å². The maximum atomic E-state index is 11.3. The molecule has 1 fully saturated rings. The van der Waals surface area contributed by atoms with Crippen LogP contribution in [0.2, 0.25) is 5.02 Å². The number of aliphatic carboxylic acids is 1. The number of ether oxygens (including phenoxy) is 1. The summed E-state index contributed by atoms with van der Waals surface area (Å²) in [5, 5.41) is 9.70. The summed E-state index contributed by atoms with van der Waals surface area (Å²) >= 11 is 5.95. The molecule has 3 nitrogen and oxygen atoms in total. The second kappa shape index (κ2) is 4.34. The highest BCUT2D eigenvalue weighted by atomic mass is 35.5. The molecule has 0 bridgehead atoms. The van der Waals surface area contributed by atoms with E-state index in [1.165, 1.54) is 0 Å². The fourth-order valence-corrected chi connectivity index (χ4v) is 2.22. The van der Waals surface area contributed by atoms with Crippen LogP contribution in [0.25, 0.3) is 0 Å². The van der Waals surface area contributed by atoms with E-state index >= 15 is 0 Å². The van der Waals surface area contributed by atoms with Crippen molar-refractivity contribution in [3.63, 3.8) is 0 Å². The van der Waals surface area contributed by atoms with E-state index in [0.29, 0.717) is 23.6 Å². The smallest absolute Gasteiger partial charge is 0.348 e. The summed E-state index contributed by atoms with van der Waals surface area (Å²) in [7, 11) is 0. The highest BCUT2D eigenvalue weighted by Gasteiger charge is 2.44. The van der Waals surface area contributed by atoms with Crippen LogP contribution in [0.3, 0.4) is 0 Å². The highest BCUT2D eigenvalue weighted by molar-refractivity contribution is 6.32. The summed E-state index contributed by atoms with van der Waals surface area (Å²) in [6, 6.07) is 6.97. The Morgan fingerprint density at radius 2 is 1.94 bits per heavy atom. The van der Waals surface area contributed by atoms with E-state index in [9.17, 15) is 9.90 Å². The van der Waals surface area contributed by atoms with Crippen molar-refractivity contribution in [3.8, 4) is 5.75 Å². The number of benzene rings is 1. The molecular weight excluding hydrogens is 228 g/mol. The molecule has 0 aliphatic heterocycles. The number of hydrogen-bond donors (Lipinski definition) is 1. The van der Waals surface area contributed by atoms with Crippen LogP contribution >= 0.6 is 11.6 Å². The second-order valence-electron chi connectivity index (χ2n) is 4.04. The summed E-state index contributed by atoms with van der Waals surface area (Å²) in [5.74, 6) is -0.446. The lowest BCUT2D eigenvalue weighted by molar-refractivity contribution is -0.154. The van der Waals surface area contributed by atoms with Crippen LogP contribution < -0.4 is 4.74 Å². The largest absolute Gasteiger partial charge is 0.478 e. The number of para-hydroxylation sites is 1. The number of carboxylic acids is 1. The molecule has 0 unspecified atom stereocenters. The molecule has 0 heterocycles. The monoisotopic (exact) mass is 240 g/mol. The quantitative estimate of drug-likeness (QED) is 0.883. The lowest BCUT2D eigenvalue weighted by Gasteiger charge is -2.25. The van der Waals surface area contributed by atoms with Crippen molar-refractivity contribution < 1.29 is 14.6 Å². The SMILES string of the molecule is O=C(O)C1(Oc2ccccc2Cl)CCCC1. The van der Waals surface area contributed by atoms with Gasteiger partial charge in [-0.3, -0.25) is 0 Å². The van der Waals surface area contributed by atoms with Crippen LogP contribution in [-0.2, 0) is 4.79 Å². The van der Waals surface area contributed by atoms with Gasteiger partial charge in [0.1, 0.15) is 5.75 Å². The zero-order valence-corrected chi connectivity index (χ0v) is 9.54. The van der Waals surface area contributed by atoms with Crippen molar-refractivity contribution >= 4 is 17.6 Å². The van der Waals surface area contributed by atoms with E-state index in [2.05, 4.69) is 0 Å². The van der Waals surface area contributed by atoms with Crippen LogP contribution in [0.4, 0.5) is 0 Å². The van der Waals surface area contributed by atoms with Crippen LogP contribution in [0.5, 0.6) is 5.75 Å². The van der Waals surface area contributed by atoms with Crippen molar-refractivity contribution in [1.82, 2.24) is 0 Å². The van der Waals surface area contributed by atoms with Gasteiger partial charge < -0.3 is 9.84 Å². The van der Waals surface area contributed by atoms with Crippen LogP contribution in [-0.4, -0.2) is 16.7 Å². The lowest BCUT2D eigenvalue weighted by atomic mass is 10.0. The Hall–Kier alpha value is -1.22. The third-order valence-corrected chi connectivity index (χ3v) is 3.26. The summed E-state index contributed by atoms with van der Waals surface area (Å²) in [5.41, 5.74) is -1.08. The van der Waals surface area contributed by atoms with Gasteiger partial charge in [0.2, 0.25) is 5.60 Å². The summed E-state index contributed by atoms with van der Waals surface area (Å²) in [6.45, 7) is 0. The molecule has 4 heteroatoms. The summed E-state index contributed by atoms with van der Waals surface area (Å²) in [4.78, 5) is 11.3. The Kier molecular flexibility index (Phi) is 3.06. The Morgan fingerprint density at radius 1 is 1.31 bits per heavy atom. The number of carboxylic acid groups (broad SMARTS) is 1. The van der Waals surface area contributed by atoms with Crippen molar-refractivity contribution in [2.24, 2.45) is 0 Å². The molecule has 0 radical (unpaired) electrons. The van der Waals surface area contributed by atoms with E-state index in [1.807, 2.05) is 0 Å². The number of hydrogen-bond acceptors (Lipinski definition) is 2. The average Bonchev–Trinajstić information content (AvgIpc) is 2.71. The third-order valence-electron chi connectivity index (χ3n) is 2.94. The van der Waals surface area contributed by atoms with Gasteiger partial charge in [0.25, 0.3) is 0 Å². The second-order valence-corrected chi connectivity index (χ2v) is 4.45. The molecule has 16 heavy (non-hydrogen) atoms. The highest BCUT2D eigenvalue weighted by Crippen LogP contribution is 2.37. The van der Waals surface area contributed by atoms with Gasteiger partial charge in [0.15, 0.2) is 0 Å². The first-order valence-corrected chi connectivity index (χ1v) is 5.69. The van der Waals surface area contributed by atoms with Crippen molar-refractivity contribution in [2.45, 2.75) is 31.3 Å². The molecule has 2 rings (SSSR count). The first kappa shape index (κ1) is 11.3. The maximum absolute atomic E-state index is 11.3. The molecule has 0 spiro atoms. The number of carbonyl (C=O) groups is 1. The zero-order valence-electron chi connectivity index (χ0n) is 8.78. The van der Waals surface area contributed by atoms with Gasteiger partial charge in [0, 0.05) is 0 Å². The Morgan fingerprint density at radius 3 is 2.50 bits per heavy atom. The predicted octanol–water partition coefficient (Wildman–Crippen LogP) is 3.12. The van der Waals surface area contributed by atoms with E-state index in [1.54, 1.807) is 24.3 Å². The molecule has 1 aromatic carbocycles. The molecular formula is C12H13ClO3. The first-order chi connectivity index (χ1) is 7.64. The molecule has 0 amide bonds. The van der Waals surface area contributed by atoms with E-state index in [-0.39, 0.29) is 0 Å². The molecule has 0 atom stereocenters. The zero-order chi connectivity index (χ0) is 11.6. The molecule has 0 aromatic heterocycles. The van der Waals surface area contributed by atoms with Crippen LogP contribution in [0.1, 0.15) is 25.7 Å². The minimum Gasteiger partial charge on any atom is -0.478 e. The standard InChI is InChI=1S/C12H13ClO3/c13-9-5-1-2-6-10(9)16-12(11(14)15)7-3-4-8-12/h1-2,5-6H,3-4,7-8H2,(H,14,15). The number of halogens is 1. The number of rotatable bonds is 3. The Labute approximate surface area is 99.0 Å².